The number of urea groups is 1. The lowest BCUT2D eigenvalue weighted by Gasteiger charge is -2.31. The fourth-order valence-electron chi connectivity index (χ4n) is 3.74. The molecule has 6 nitrogen and oxygen atoms in total. The van der Waals surface area contributed by atoms with E-state index in [1.807, 2.05) is 54.6 Å². The smallest absolute Gasteiger partial charge is 0.341 e. The quantitative estimate of drug-likeness (QED) is 0.520. The molecule has 0 aliphatic carbocycles. The fourth-order valence-corrected chi connectivity index (χ4v) is 3.96. The first-order chi connectivity index (χ1) is 15.6. The summed E-state index contributed by atoms with van der Waals surface area (Å²) >= 11 is 6.10. The number of aryl methyl sites for hydroxylation is 1. The number of carbonyl (C=O) groups is 2. The van der Waals surface area contributed by atoms with Crippen molar-refractivity contribution in [3.8, 4) is 0 Å². The second-order valence-electron chi connectivity index (χ2n) is 7.52. The van der Waals surface area contributed by atoms with E-state index >= 15 is 0 Å². The fraction of sp³-hybridized carbons (Fsp3) is 0.200. The normalized spacial score (nSPS) is 17.9. The number of aliphatic imine (C=N–C) groups is 1. The summed E-state index contributed by atoms with van der Waals surface area (Å²) in [5.41, 5.74) is 3.09. The monoisotopic (exact) mass is 447 g/mol. The molecule has 2 heterocycles. The van der Waals surface area contributed by atoms with Gasteiger partial charge in [0, 0.05) is 23.1 Å². The van der Waals surface area contributed by atoms with Crippen molar-refractivity contribution in [3.63, 3.8) is 0 Å². The molecule has 0 spiro atoms. The van der Waals surface area contributed by atoms with Gasteiger partial charge in [-0.15, -0.1) is 0 Å². The summed E-state index contributed by atoms with van der Waals surface area (Å²) in [5.74, 6) is -1.19. The Balaban J connectivity index is 1.59. The van der Waals surface area contributed by atoms with Crippen molar-refractivity contribution in [1.29, 1.82) is 0 Å². The van der Waals surface area contributed by atoms with Crippen LogP contribution >= 0.6 is 11.6 Å². The molecule has 0 bridgehead atoms. The number of benzene rings is 2. The van der Waals surface area contributed by atoms with E-state index in [0.29, 0.717) is 23.6 Å². The molecule has 1 aliphatic rings. The maximum Gasteiger partial charge on any atom is 0.341 e. The average Bonchev–Trinajstić information content (AvgIpc) is 2.82. The maximum absolute atomic E-state index is 13.2. The van der Waals surface area contributed by atoms with E-state index in [1.54, 1.807) is 24.5 Å². The first kappa shape index (κ1) is 21.7. The predicted molar refractivity (Wildman–Crippen MR) is 122 cm³/mol. The van der Waals surface area contributed by atoms with Crippen LogP contribution in [0.2, 0.25) is 5.02 Å². The number of aromatic nitrogens is 1. The largest absolute Gasteiger partial charge is 0.460 e. The minimum atomic E-state index is -0.750. The van der Waals surface area contributed by atoms with Gasteiger partial charge in [0.05, 0.1) is 6.04 Å². The summed E-state index contributed by atoms with van der Waals surface area (Å²) in [6, 6.07) is 19.5. The topological polar surface area (TPSA) is 80.7 Å². The van der Waals surface area contributed by atoms with Gasteiger partial charge in [-0.05, 0) is 47.7 Å². The standard InChI is InChI=1S/C25H22ClN3O3/c26-20-10-4-8-17(14-20)11-12-21-22(24(30)32-16-18-6-2-1-3-7-18)23(29-25(31)28-21)19-9-5-13-27-15-19/h1-10,13-15,22-23H,11-12,16H2,(H,29,31). The molecule has 0 fully saturated rings. The number of halogens is 1. The van der Waals surface area contributed by atoms with Crippen molar-refractivity contribution in [2.24, 2.45) is 10.9 Å². The zero-order chi connectivity index (χ0) is 22.3. The Hall–Kier alpha value is -3.51. The Labute approximate surface area is 191 Å². The molecule has 0 radical (unpaired) electrons. The van der Waals surface area contributed by atoms with Crippen LogP contribution < -0.4 is 5.32 Å². The lowest BCUT2D eigenvalue weighted by atomic mass is 9.86. The van der Waals surface area contributed by atoms with Crippen LogP contribution in [0.3, 0.4) is 0 Å². The zero-order valence-electron chi connectivity index (χ0n) is 17.3. The molecule has 0 saturated carbocycles. The summed E-state index contributed by atoms with van der Waals surface area (Å²) in [5, 5.41) is 3.45. The van der Waals surface area contributed by atoms with Crippen LogP contribution in [0.4, 0.5) is 4.79 Å². The van der Waals surface area contributed by atoms with Gasteiger partial charge >= 0.3 is 12.0 Å². The lowest BCUT2D eigenvalue weighted by Crippen LogP contribution is -2.45. The molecule has 162 valence electrons. The van der Waals surface area contributed by atoms with Crippen LogP contribution in [0.15, 0.2) is 84.1 Å². The Morgan fingerprint density at radius 3 is 2.56 bits per heavy atom. The van der Waals surface area contributed by atoms with Gasteiger partial charge in [-0.25, -0.2) is 9.79 Å². The Bertz CT molecular complexity index is 1120. The van der Waals surface area contributed by atoms with Gasteiger partial charge in [-0.3, -0.25) is 9.78 Å². The molecule has 2 atom stereocenters. The molecule has 2 unspecified atom stereocenters. The van der Waals surface area contributed by atoms with Crippen molar-refractivity contribution < 1.29 is 14.3 Å². The van der Waals surface area contributed by atoms with Gasteiger partial charge in [-0.1, -0.05) is 60.1 Å². The van der Waals surface area contributed by atoms with Crippen LogP contribution in [0.25, 0.3) is 0 Å². The predicted octanol–water partition coefficient (Wildman–Crippen LogP) is 4.93. The molecule has 7 heteroatoms. The first-order valence-electron chi connectivity index (χ1n) is 10.3. The van der Waals surface area contributed by atoms with E-state index < -0.39 is 24.0 Å². The van der Waals surface area contributed by atoms with E-state index in [9.17, 15) is 9.59 Å². The SMILES string of the molecule is O=C1N=C(CCc2cccc(Cl)c2)C(C(=O)OCc2ccccc2)C(c2cccnc2)N1. The maximum atomic E-state index is 13.2. The van der Waals surface area contributed by atoms with Gasteiger partial charge in [0.1, 0.15) is 12.5 Å². The van der Waals surface area contributed by atoms with Crippen molar-refractivity contribution in [3.05, 3.63) is 101 Å². The van der Waals surface area contributed by atoms with Crippen molar-refractivity contribution in [2.75, 3.05) is 0 Å². The molecule has 1 aromatic heterocycles. The van der Waals surface area contributed by atoms with E-state index in [2.05, 4.69) is 15.3 Å². The molecule has 0 saturated heterocycles. The Kier molecular flexibility index (Phi) is 6.92. The van der Waals surface area contributed by atoms with Crippen LogP contribution in [0.5, 0.6) is 0 Å². The van der Waals surface area contributed by atoms with Gasteiger partial charge in [-0.2, -0.15) is 0 Å². The van der Waals surface area contributed by atoms with Crippen LogP contribution in [0, 0.1) is 5.92 Å². The van der Waals surface area contributed by atoms with Gasteiger partial charge in [0.25, 0.3) is 0 Å². The Morgan fingerprint density at radius 2 is 1.81 bits per heavy atom. The van der Waals surface area contributed by atoms with E-state index in [1.165, 1.54) is 0 Å². The van der Waals surface area contributed by atoms with E-state index in [0.717, 1.165) is 16.7 Å². The number of nitrogens with zero attached hydrogens (tertiary/aromatic N) is 2. The zero-order valence-corrected chi connectivity index (χ0v) is 18.0. The van der Waals surface area contributed by atoms with Crippen LogP contribution in [-0.4, -0.2) is 22.7 Å². The highest BCUT2D eigenvalue weighted by atomic mass is 35.5. The number of hydrogen-bond donors (Lipinski definition) is 1. The highest BCUT2D eigenvalue weighted by Gasteiger charge is 2.39. The number of rotatable bonds is 7. The van der Waals surface area contributed by atoms with Crippen molar-refractivity contribution in [1.82, 2.24) is 10.3 Å². The van der Waals surface area contributed by atoms with Gasteiger partial charge in [0.15, 0.2) is 0 Å². The van der Waals surface area contributed by atoms with Crippen LogP contribution in [-0.2, 0) is 22.6 Å². The molecular weight excluding hydrogens is 426 g/mol. The number of hydrogen-bond acceptors (Lipinski definition) is 4. The summed E-state index contributed by atoms with van der Waals surface area (Å²) < 4.78 is 5.64. The summed E-state index contributed by atoms with van der Waals surface area (Å²) in [7, 11) is 0. The molecule has 1 aliphatic heterocycles. The summed E-state index contributed by atoms with van der Waals surface area (Å²) in [6.07, 6.45) is 4.30. The van der Waals surface area contributed by atoms with Gasteiger partial charge in [0.2, 0.25) is 0 Å². The highest BCUT2D eigenvalue weighted by Crippen LogP contribution is 2.30. The van der Waals surface area contributed by atoms with Crippen molar-refractivity contribution >= 4 is 29.3 Å². The molecule has 2 aromatic carbocycles. The van der Waals surface area contributed by atoms with Crippen molar-refractivity contribution in [2.45, 2.75) is 25.5 Å². The third kappa shape index (κ3) is 5.39. The molecule has 32 heavy (non-hydrogen) atoms. The number of ether oxygens (including phenoxy) is 1. The van der Waals surface area contributed by atoms with E-state index in [4.69, 9.17) is 16.3 Å². The number of pyridine rings is 1. The third-order valence-corrected chi connectivity index (χ3v) is 5.53. The molecule has 3 aromatic rings. The minimum Gasteiger partial charge on any atom is -0.460 e. The second kappa shape index (κ2) is 10.2. The molecule has 1 N–H and O–H groups in total. The third-order valence-electron chi connectivity index (χ3n) is 5.30. The molecular formula is C25H22ClN3O3. The van der Waals surface area contributed by atoms with E-state index in [-0.39, 0.29) is 6.61 Å². The minimum absolute atomic E-state index is 0.144. The molecule has 2 amide bonds. The highest BCUT2D eigenvalue weighted by molar-refractivity contribution is 6.30. The number of esters is 1. The number of amides is 2. The first-order valence-corrected chi connectivity index (χ1v) is 10.7. The van der Waals surface area contributed by atoms with Crippen LogP contribution in [0.1, 0.15) is 29.2 Å². The number of nitrogens with one attached hydrogen (secondary N) is 1. The molecule has 4 rings (SSSR count). The Morgan fingerprint density at radius 1 is 1.00 bits per heavy atom. The second-order valence-corrected chi connectivity index (χ2v) is 7.95. The van der Waals surface area contributed by atoms with Gasteiger partial charge < -0.3 is 10.1 Å². The average molecular weight is 448 g/mol. The number of carbonyl (C=O) groups excluding carboxylic acids is 2. The summed E-state index contributed by atoms with van der Waals surface area (Å²) in [6.45, 7) is 0.144. The lowest BCUT2D eigenvalue weighted by molar-refractivity contribution is -0.148. The summed E-state index contributed by atoms with van der Waals surface area (Å²) in [4.78, 5) is 33.9.